The fraction of sp³-hybridized carbons (Fsp3) is 1.00. The van der Waals surface area contributed by atoms with Crippen LogP contribution < -0.4 is 0 Å². The standard InChI is InChI=1S/C7H12I2O/c8-6(9)7(10)4-2-1-3-5-7/h6,10H,1-5H2. The van der Waals surface area contributed by atoms with Crippen LogP contribution in [0.1, 0.15) is 32.1 Å². The van der Waals surface area contributed by atoms with E-state index in [-0.39, 0.29) is 5.60 Å². The molecule has 0 unspecified atom stereocenters. The molecule has 0 amide bonds. The normalized spacial score (nSPS) is 25.2. The molecule has 3 heteroatoms. The largest absolute Gasteiger partial charge is 0.388 e. The first-order chi connectivity index (χ1) is 4.65. The van der Waals surface area contributed by atoms with Gasteiger partial charge in [0, 0.05) is 0 Å². The number of hydrogen-bond acceptors (Lipinski definition) is 1. The van der Waals surface area contributed by atoms with Crippen molar-refractivity contribution >= 4 is 45.2 Å². The quantitative estimate of drug-likeness (QED) is 0.559. The third-order valence-electron chi connectivity index (χ3n) is 2.13. The van der Waals surface area contributed by atoms with E-state index in [2.05, 4.69) is 45.2 Å². The molecular formula is C7H12I2O. The second-order valence-electron chi connectivity index (χ2n) is 2.96. The lowest BCUT2D eigenvalue weighted by atomic mass is 9.87. The Kier molecular flexibility index (Phi) is 3.70. The van der Waals surface area contributed by atoms with Crippen molar-refractivity contribution in [3.8, 4) is 0 Å². The van der Waals surface area contributed by atoms with E-state index < -0.39 is 0 Å². The second-order valence-corrected chi connectivity index (χ2v) is 7.84. The van der Waals surface area contributed by atoms with Crippen LogP contribution in [0.3, 0.4) is 0 Å². The summed E-state index contributed by atoms with van der Waals surface area (Å²) in [6.07, 6.45) is 5.73. The highest BCUT2D eigenvalue weighted by atomic mass is 127. The Bertz CT molecular complexity index is 108. The van der Waals surface area contributed by atoms with Gasteiger partial charge < -0.3 is 5.11 Å². The summed E-state index contributed by atoms with van der Waals surface area (Å²) in [5.41, 5.74) is -0.348. The van der Waals surface area contributed by atoms with Gasteiger partial charge in [-0.2, -0.15) is 0 Å². The van der Waals surface area contributed by atoms with Crippen LogP contribution >= 0.6 is 45.2 Å². The SMILES string of the molecule is OC1(C(I)I)CCCCC1. The predicted molar refractivity (Wildman–Crippen MR) is 59.9 cm³/mol. The third-order valence-corrected chi connectivity index (χ3v) is 4.44. The summed E-state index contributed by atoms with van der Waals surface area (Å²) in [5.74, 6) is 0. The van der Waals surface area contributed by atoms with Crippen LogP contribution in [-0.2, 0) is 0 Å². The van der Waals surface area contributed by atoms with Crippen LogP contribution in [0.25, 0.3) is 0 Å². The first kappa shape index (κ1) is 9.51. The van der Waals surface area contributed by atoms with Crippen molar-refractivity contribution in [2.45, 2.75) is 39.6 Å². The van der Waals surface area contributed by atoms with E-state index in [1.807, 2.05) is 0 Å². The highest BCUT2D eigenvalue weighted by molar-refractivity contribution is 14.2. The van der Waals surface area contributed by atoms with Crippen LogP contribution in [0, 0.1) is 0 Å². The average molecular weight is 366 g/mol. The minimum Gasteiger partial charge on any atom is -0.388 e. The lowest BCUT2D eigenvalue weighted by Crippen LogP contribution is -2.37. The van der Waals surface area contributed by atoms with Crippen molar-refractivity contribution in [3.63, 3.8) is 0 Å². The van der Waals surface area contributed by atoms with Gasteiger partial charge in [-0.25, -0.2) is 0 Å². The Labute approximate surface area is 89.2 Å². The fourth-order valence-corrected chi connectivity index (χ4v) is 2.63. The number of hydrogen-bond donors (Lipinski definition) is 1. The van der Waals surface area contributed by atoms with E-state index in [1.54, 1.807) is 0 Å². The van der Waals surface area contributed by atoms with E-state index in [0.717, 1.165) is 12.8 Å². The molecular weight excluding hydrogens is 354 g/mol. The molecule has 0 aliphatic heterocycles. The van der Waals surface area contributed by atoms with Crippen molar-refractivity contribution in [1.29, 1.82) is 0 Å². The summed E-state index contributed by atoms with van der Waals surface area (Å²) >= 11 is 4.63. The van der Waals surface area contributed by atoms with Crippen molar-refractivity contribution < 1.29 is 5.11 Å². The van der Waals surface area contributed by atoms with E-state index in [0.29, 0.717) is 1.93 Å². The Balaban J connectivity index is 2.48. The molecule has 0 spiro atoms. The third kappa shape index (κ3) is 2.20. The zero-order valence-corrected chi connectivity index (χ0v) is 10.1. The number of aliphatic hydroxyl groups is 1. The molecule has 0 atom stereocenters. The lowest BCUT2D eigenvalue weighted by molar-refractivity contribution is 0.0262. The lowest BCUT2D eigenvalue weighted by Gasteiger charge is -2.33. The molecule has 0 heterocycles. The molecule has 60 valence electrons. The van der Waals surface area contributed by atoms with Gasteiger partial charge in [0.15, 0.2) is 0 Å². The van der Waals surface area contributed by atoms with Crippen LogP contribution in [0.5, 0.6) is 0 Å². The topological polar surface area (TPSA) is 20.2 Å². The monoisotopic (exact) mass is 366 g/mol. The van der Waals surface area contributed by atoms with Crippen molar-refractivity contribution in [2.24, 2.45) is 0 Å². The maximum atomic E-state index is 9.93. The average Bonchev–Trinajstić information content (AvgIpc) is 1.89. The number of halogens is 2. The summed E-state index contributed by atoms with van der Waals surface area (Å²) in [7, 11) is 0. The van der Waals surface area contributed by atoms with Crippen molar-refractivity contribution in [3.05, 3.63) is 0 Å². The molecule has 0 aromatic heterocycles. The van der Waals surface area contributed by atoms with E-state index in [4.69, 9.17) is 0 Å². The zero-order chi connectivity index (χ0) is 7.61. The highest BCUT2D eigenvalue weighted by Gasteiger charge is 2.34. The van der Waals surface area contributed by atoms with Gasteiger partial charge in [0.05, 0.1) is 7.53 Å². The van der Waals surface area contributed by atoms with Gasteiger partial charge in [-0.1, -0.05) is 64.4 Å². The summed E-state index contributed by atoms with van der Waals surface area (Å²) in [6, 6.07) is 0. The van der Waals surface area contributed by atoms with Gasteiger partial charge in [-0.15, -0.1) is 0 Å². The van der Waals surface area contributed by atoms with Crippen LogP contribution in [0.2, 0.25) is 0 Å². The smallest absolute Gasteiger partial charge is 0.0912 e. The van der Waals surface area contributed by atoms with E-state index in [9.17, 15) is 5.11 Å². The molecule has 0 bridgehead atoms. The summed E-state index contributed by atoms with van der Waals surface area (Å²) in [4.78, 5) is 0. The molecule has 10 heavy (non-hydrogen) atoms. The molecule has 1 N–H and O–H groups in total. The minimum atomic E-state index is -0.348. The summed E-state index contributed by atoms with van der Waals surface area (Å²) in [5, 5.41) is 9.93. The zero-order valence-electron chi connectivity index (χ0n) is 5.82. The first-order valence-corrected chi connectivity index (χ1v) is 6.15. The molecule has 1 aliphatic rings. The molecule has 0 aromatic carbocycles. The predicted octanol–water partition coefficient (Wildman–Crippen LogP) is 2.88. The maximum absolute atomic E-state index is 9.93. The Morgan fingerprint density at radius 2 is 1.60 bits per heavy atom. The molecule has 1 fully saturated rings. The van der Waals surface area contributed by atoms with Crippen molar-refractivity contribution in [2.75, 3.05) is 0 Å². The van der Waals surface area contributed by atoms with Crippen LogP contribution in [0.4, 0.5) is 0 Å². The molecule has 1 saturated carbocycles. The summed E-state index contributed by atoms with van der Waals surface area (Å²) in [6.45, 7) is 0. The fourth-order valence-electron chi connectivity index (χ4n) is 1.38. The molecule has 0 saturated heterocycles. The Hall–Kier alpha value is 1.42. The molecule has 0 aromatic rings. The molecule has 0 radical (unpaired) electrons. The number of alkyl halides is 2. The van der Waals surface area contributed by atoms with E-state index >= 15 is 0 Å². The Morgan fingerprint density at radius 1 is 1.10 bits per heavy atom. The maximum Gasteiger partial charge on any atom is 0.0912 e. The highest BCUT2D eigenvalue weighted by Crippen LogP contribution is 2.37. The van der Waals surface area contributed by atoms with Crippen LogP contribution in [0.15, 0.2) is 0 Å². The van der Waals surface area contributed by atoms with Crippen molar-refractivity contribution in [1.82, 2.24) is 0 Å². The Morgan fingerprint density at radius 3 is 1.90 bits per heavy atom. The van der Waals surface area contributed by atoms with Gasteiger partial charge in [0.1, 0.15) is 0 Å². The molecule has 1 aliphatic carbocycles. The second kappa shape index (κ2) is 3.89. The summed E-state index contributed by atoms with van der Waals surface area (Å²) < 4.78 is 0.378. The van der Waals surface area contributed by atoms with E-state index in [1.165, 1.54) is 19.3 Å². The van der Waals surface area contributed by atoms with Crippen LogP contribution in [-0.4, -0.2) is 12.6 Å². The van der Waals surface area contributed by atoms with Gasteiger partial charge >= 0.3 is 0 Å². The molecule has 1 nitrogen and oxygen atoms in total. The first-order valence-electron chi connectivity index (χ1n) is 3.66. The number of rotatable bonds is 1. The van der Waals surface area contributed by atoms with Gasteiger partial charge in [0.25, 0.3) is 0 Å². The van der Waals surface area contributed by atoms with Gasteiger partial charge in [-0.05, 0) is 12.8 Å². The van der Waals surface area contributed by atoms with Gasteiger partial charge in [0.2, 0.25) is 0 Å². The van der Waals surface area contributed by atoms with Gasteiger partial charge in [-0.3, -0.25) is 0 Å². The molecule has 1 rings (SSSR count). The minimum absolute atomic E-state index is 0.348.